The highest BCUT2D eigenvalue weighted by Gasteiger charge is 2.22. The Bertz CT molecular complexity index is 807. The summed E-state index contributed by atoms with van der Waals surface area (Å²) in [7, 11) is 2.21. The van der Waals surface area contributed by atoms with Gasteiger partial charge in [-0.2, -0.15) is 0 Å². The molecule has 2 N–H and O–H groups in total. The second-order valence-electron chi connectivity index (χ2n) is 9.88. The van der Waals surface area contributed by atoms with Crippen molar-refractivity contribution in [1.29, 1.82) is 0 Å². The lowest BCUT2D eigenvalue weighted by Crippen LogP contribution is -2.44. The second kappa shape index (κ2) is 11.5. The van der Waals surface area contributed by atoms with E-state index in [0.717, 1.165) is 69.2 Å². The van der Waals surface area contributed by atoms with E-state index in [4.69, 9.17) is 17.3 Å². The molecule has 174 valence electrons. The first-order chi connectivity index (χ1) is 15.6. The molecule has 2 aromatic carbocycles. The highest BCUT2D eigenvalue weighted by Crippen LogP contribution is 2.29. The fourth-order valence-electron chi connectivity index (χ4n) is 5.18. The van der Waals surface area contributed by atoms with E-state index < -0.39 is 0 Å². The van der Waals surface area contributed by atoms with Gasteiger partial charge in [-0.3, -0.25) is 4.90 Å². The highest BCUT2D eigenvalue weighted by molar-refractivity contribution is 6.30. The standard InChI is InChI=1S/C27H39ClN4/c1-30-14-16-32(17-15-30)27-12-8-25(9-13-27)21-31(20-24-6-10-26(28)11-7-24)19-23-4-2-22(18-29)3-5-23/h6-13,22-23H,2-5,14-21,29H2,1H3. The lowest BCUT2D eigenvalue weighted by molar-refractivity contribution is 0.170. The third kappa shape index (κ3) is 6.71. The molecule has 4 rings (SSSR count). The molecule has 4 nitrogen and oxygen atoms in total. The first kappa shape index (κ1) is 23.6. The van der Waals surface area contributed by atoms with Gasteiger partial charge in [0.05, 0.1) is 0 Å². The fourth-order valence-corrected chi connectivity index (χ4v) is 5.31. The van der Waals surface area contributed by atoms with Gasteiger partial charge in [-0.05, 0) is 86.5 Å². The van der Waals surface area contributed by atoms with Crippen molar-refractivity contribution in [2.24, 2.45) is 17.6 Å². The number of piperazine rings is 1. The lowest BCUT2D eigenvalue weighted by atomic mass is 9.82. The van der Waals surface area contributed by atoms with E-state index in [9.17, 15) is 0 Å². The van der Waals surface area contributed by atoms with Gasteiger partial charge in [0.1, 0.15) is 0 Å². The maximum atomic E-state index is 6.12. The summed E-state index contributed by atoms with van der Waals surface area (Å²) in [4.78, 5) is 7.53. The summed E-state index contributed by atoms with van der Waals surface area (Å²) in [6.45, 7) is 8.47. The first-order valence-corrected chi connectivity index (χ1v) is 12.7. The van der Waals surface area contributed by atoms with E-state index in [0.29, 0.717) is 0 Å². The Labute approximate surface area is 199 Å². The van der Waals surface area contributed by atoms with Crippen LogP contribution in [0.25, 0.3) is 0 Å². The minimum atomic E-state index is 0.734. The van der Waals surface area contributed by atoms with Gasteiger partial charge in [0, 0.05) is 56.5 Å². The largest absolute Gasteiger partial charge is 0.369 e. The van der Waals surface area contributed by atoms with Crippen molar-refractivity contribution < 1.29 is 0 Å². The van der Waals surface area contributed by atoms with E-state index in [1.807, 2.05) is 12.1 Å². The monoisotopic (exact) mass is 454 g/mol. The summed E-state index contributed by atoms with van der Waals surface area (Å²) in [6.07, 6.45) is 5.19. The molecule has 1 aliphatic carbocycles. The van der Waals surface area contributed by atoms with Crippen molar-refractivity contribution in [2.75, 3.05) is 51.2 Å². The third-order valence-electron chi connectivity index (χ3n) is 7.35. The van der Waals surface area contributed by atoms with Crippen LogP contribution >= 0.6 is 11.6 Å². The van der Waals surface area contributed by atoms with Gasteiger partial charge < -0.3 is 15.5 Å². The molecule has 2 fully saturated rings. The quantitative estimate of drug-likeness (QED) is 0.617. The van der Waals surface area contributed by atoms with Gasteiger partial charge in [-0.25, -0.2) is 0 Å². The van der Waals surface area contributed by atoms with Crippen LogP contribution in [-0.2, 0) is 13.1 Å². The molecule has 1 heterocycles. The summed E-state index contributed by atoms with van der Waals surface area (Å²) in [5, 5.41) is 0.805. The van der Waals surface area contributed by atoms with Crippen molar-refractivity contribution in [3.63, 3.8) is 0 Å². The fraction of sp³-hybridized carbons (Fsp3) is 0.556. The number of likely N-dealkylation sites (N-methyl/N-ethyl adjacent to an activating group) is 1. The summed E-state index contributed by atoms with van der Waals surface area (Å²) in [5.74, 6) is 1.51. The van der Waals surface area contributed by atoms with Gasteiger partial charge in [0.15, 0.2) is 0 Å². The lowest BCUT2D eigenvalue weighted by Gasteiger charge is -2.34. The molecule has 0 aromatic heterocycles. The SMILES string of the molecule is CN1CCN(c2ccc(CN(Cc3ccc(Cl)cc3)CC3CCC(CN)CC3)cc2)CC1. The predicted molar refractivity (Wildman–Crippen MR) is 136 cm³/mol. The molecule has 0 unspecified atom stereocenters. The molecule has 2 aliphatic rings. The Hall–Kier alpha value is -1.59. The van der Waals surface area contributed by atoms with E-state index in [-0.39, 0.29) is 0 Å². The molecular weight excluding hydrogens is 416 g/mol. The van der Waals surface area contributed by atoms with Gasteiger partial charge in [-0.15, -0.1) is 0 Å². The zero-order valence-electron chi connectivity index (χ0n) is 19.6. The summed E-state index contributed by atoms with van der Waals surface area (Å²) in [5.41, 5.74) is 9.99. The number of halogens is 1. The number of nitrogens with zero attached hydrogens (tertiary/aromatic N) is 3. The molecule has 32 heavy (non-hydrogen) atoms. The number of nitrogens with two attached hydrogens (primary N) is 1. The molecule has 1 aliphatic heterocycles. The molecule has 0 atom stereocenters. The van der Waals surface area contributed by atoms with Crippen LogP contribution < -0.4 is 10.6 Å². The van der Waals surface area contributed by atoms with Crippen molar-refractivity contribution in [3.8, 4) is 0 Å². The molecule has 0 amide bonds. The Kier molecular flexibility index (Phi) is 8.48. The number of rotatable bonds is 8. The van der Waals surface area contributed by atoms with Crippen LogP contribution in [0.4, 0.5) is 5.69 Å². The van der Waals surface area contributed by atoms with E-state index in [1.165, 1.54) is 42.5 Å². The highest BCUT2D eigenvalue weighted by atomic mass is 35.5. The van der Waals surface area contributed by atoms with E-state index >= 15 is 0 Å². The average Bonchev–Trinajstić information content (AvgIpc) is 2.82. The maximum absolute atomic E-state index is 6.12. The van der Waals surface area contributed by atoms with Crippen LogP contribution in [0, 0.1) is 11.8 Å². The van der Waals surface area contributed by atoms with E-state index in [1.54, 1.807) is 0 Å². The minimum absolute atomic E-state index is 0.734. The van der Waals surface area contributed by atoms with Crippen LogP contribution in [0.3, 0.4) is 0 Å². The van der Waals surface area contributed by atoms with Gasteiger partial charge >= 0.3 is 0 Å². The Morgan fingerprint density at radius 2 is 1.34 bits per heavy atom. The molecule has 0 spiro atoms. The first-order valence-electron chi connectivity index (χ1n) is 12.3. The Morgan fingerprint density at radius 1 is 0.812 bits per heavy atom. The number of hydrogen-bond donors (Lipinski definition) is 1. The number of hydrogen-bond acceptors (Lipinski definition) is 4. The molecule has 0 bridgehead atoms. The van der Waals surface area contributed by atoms with Crippen molar-refractivity contribution in [1.82, 2.24) is 9.80 Å². The van der Waals surface area contributed by atoms with Crippen LogP contribution in [0.1, 0.15) is 36.8 Å². The van der Waals surface area contributed by atoms with Gasteiger partial charge in [0.25, 0.3) is 0 Å². The summed E-state index contributed by atoms with van der Waals surface area (Å²) in [6, 6.07) is 17.6. The zero-order chi connectivity index (χ0) is 22.3. The van der Waals surface area contributed by atoms with Crippen LogP contribution in [0.2, 0.25) is 5.02 Å². The zero-order valence-corrected chi connectivity index (χ0v) is 20.3. The molecule has 1 saturated heterocycles. The predicted octanol–water partition coefficient (Wildman–Crippen LogP) is 4.86. The van der Waals surface area contributed by atoms with Crippen LogP contribution in [-0.4, -0.2) is 56.1 Å². The average molecular weight is 455 g/mol. The minimum Gasteiger partial charge on any atom is -0.369 e. The van der Waals surface area contributed by atoms with Crippen LogP contribution in [0.5, 0.6) is 0 Å². The van der Waals surface area contributed by atoms with Crippen LogP contribution in [0.15, 0.2) is 48.5 Å². The summed E-state index contributed by atoms with van der Waals surface area (Å²) < 4.78 is 0. The molecule has 5 heteroatoms. The second-order valence-corrected chi connectivity index (χ2v) is 10.3. The van der Waals surface area contributed by atoms with Crippen molar-refractivity contribution >= 4 is 17.3 Å². The summed E-state index contributed by atoms with van der Waals surface area (Å²) >= 11 is 6.12. The normalized spacial score (nSPS) is 22.4. The van der Waals surface area contributed by atoms with Crippen molar-refractivity contribution in [2.45, 2.75) is 38.8 Å². The van der Waals surface area contributed by atoms with E-state index in [2.05, 4.69) is 58.1 Å². The third-order valence-corrected chi connectivity index (χ3v) is 7.60. The molecular formula is C27H39ClN4. The molecule has 1 saturated carbocycles. The van der Waals surface area contributed by atoms with Gasteiger partial charge in [-0.1, -0.05) is 35.9 Å². The smallest absolute Gasteiger partial charge is 0.0406 e. The molecule has 2 aromatic rings. The maximum Gasteiger partial charge on any atom is 0.0406 e. The topological polar surface area (TPSA) is 35.7 Å². The van der Waals surface area contributed by atoms with Crippen molar-refractivity contribution in [3.05, 3.63) is 64.7 Å². The Morgan fingerprint density at radius 3 is 1.91 bits per heavy atom. The number of benzene rings is 2. The molecule has 0 radical (unpaired) electrons. The van der Waals surface area contributed by atoms with Gasteiger partial charge in [0.2, 0.25) is 0 Å². The number of anilines is 1. The Balaban J connectivity index is 1.40.